The van der Waals surface area contributed by atoms with E-state index in [-0.39, 0.29) is 6.42 Å². The van der Waals surface area contributed by atoms with E-state index in [0.717, 1.165) is 0 Å². The van der Waals surface area contributed by atoms with E-state index in [2.05, 4.69) is 5.16 Å². The third-order valence-electron chi connectivity index (χ3n) is 4.06. The molecule has 2 N–H and O–H groups in total. The molecule has 6 nitrogen and oxygen atoms in total. The molecule has 0 unspecified atom stereocenters. The molecule has 1 aromatic carbocycles. The van der Waals surface area contributed by atoms with E-state index >= 15 is 0 Å². The summed E-state index contributed by atoms with van der Waals surface area (Å²) in [4.78, 5) is 27.9. The fourth-order valence-corrected chi connectivity index (χ4v) is 3.32. The van der Waals surface area contributed by atoms with Gasteiger partial charge in [-0.3, -0.25) is 9.59 Å². The predicted octanol–water partition coefficient (Wildman–Crippen LogP) is 1.86. The normalized spacial score (nSPS) is 30.4. The minimum atomic E-state index is -1.07. The van der Waals surface area contributed by atoms with Crippen LogP contribution in [0.1, 0.15) is 12.0 Å². The van der Waals surface area contributed by atoms with Gasteiger partial charge in [0.2, 0.25) is 0 Å². The number of benzene rings is 1. The van der Waals surface area contributed by atoms with E-state index in [0.29, 0.717) is 16.3 Å². The average Bonchev–Trinajstić information content (AvgIpc) is 2.98. The SMILES string of the molecule is O=C(O)[C@H]1C[C@@H](C(=O)O)[C@H]2ON=C(c3ccccc3Cl)[C@H]21. The predicted molar refractivity (Wildman–Crippen MR) is 73.2 cm³/mol. The van der Waals surface area contributed by atoms with Crippen LogP contribution < -0.4 is 0 Å². The van der Waals surface area contributed by atoms with Gasteiger partial charge < -0.3 is 15.1 Å². The fourth-order valence-electron chi connectivity index (χ4n) is 3.09. The van der Waals surface area contributed by atoms with Gasteiger partial charge in [-0.15, -0.1) is 0 Å². The second-order valence-corrected chi connectivity index (χ2v) is 5.58. The second kappa shape index (κ2) is 5.04. The van der Waals surface area contributed by atoms with Gasteiger partial charge in [0.05, 0.1) is 23.5 Å². The standard InChI is InChI=1S/C14H12ClNO5/c15-9-4-2-1-3-6(9)11-10-7(13(17)18)5-8(14(19)20)12(10)21-16-11/h1-4,7-8,10,12H,5H2,(H,17,18)(H,19,20)/t7-,8+,10+,12+/m0/s1. The van der Waals surface area contributed by atoms with Crippen molar-refractivity contribution < 1.29 is 24.6 Å². The van der Waals surface area contributed by atoms with Crippen molar-refractivity contribution in [1.29, 1.82) is 0 Å². The Morgan fingerprint density at radius 1 is 1.19 bits per heavy atom. The van der Waals surface area contributed by atoms with Crippen molar-refractivity contribution in [2.24, 2.45) is 22.9 Å². The zero-order chi connectivity index (χ0) is 15.1. The smallest absolute Gasteiger partial charge is 0.310 e. The van der Waals surface area contributed by atoms with Gasteiger partial charge in [-0.25, -0.2) is 0 Å². The van der Waals surface area contributed by atoms with Crippen molar-refractivity contribution in [2.75, 3.05) is 0 Å². The number of carboxylic acid groups (broad SMARTS) is 2. The summed E-state index contributed by atoms with van der Waals surface area (Å²) in [5.74, 6) is -4.42. The van der Waals surface area contributed by atoms with Crippen LogP contribution in [0.2, 0.25) is 5.02 Å². The molecule has 0 saturated heterocycles. The van der Waals surface area contributed by atoms with Gasteiger partial charge >= 0.3 is 11.9 Å². The van der Waals surface area contributed by atoms with Crippen LogP contribution in [0.25, 0.3) is 0 Å². The molecule has 1 aliphatic heterocycles. The van der Waals surface area contributed by atoms with E-state index in [1.165, 1.54) is 0 Å². The Bertz CT molecular complexity index is 644. The Morgan fingerprint density at radius 3 is 2.48 bits per heavy atom. The Labute approximate surface area is 125 Å². The number of rotatable bonds is 3. The summed E-state index contributed by atoms with van der Waals surface area (Å²) in [5, 5.41) is 22.9. The van der Waals surface area contributed by atoms with Crippen LogP contribution >= 0.6 is 11.6 Å². The van der Waals surface area contributed by atoms with Crippen molar-refractivity contribution in [3.63, 3.8) is 0 Å². The molecule has 1 aliphatic carbocycles. The first-order valence-electron chi connectivity index (χ1n) is 6.45. The summed E-state index contributed by atoms with van der Waals surface area (Å²) in [6.45, 7) is 0. The number of oxime groups is 1. The summed E-state index contributed by atoms with van der Waals surface area (Å²) in [7, 11) is 0. The highest BCUT2D eigenvalue weighted by Gasteiger charge is 2.56. The summed E-state index contributed by atoms with van der Waals surface area (Å²) in [6, 6.07) is 6.91. The summed E-state index contributed by atoms with van der Waals surface area (Å²) in [6.07, 6.45) is -0.724. The second-order valence-electron chi connectivity index (χ2n) is 5.18. The zero-order valence-corrected chi connectivity index (χ0v) is 11.5. The first kappa shape index (κ1) is 13.9. The highest BCUT2D eigenvalue weighted by Crippen LogP contribution is 2.45. The molecule has 0 amide bonds. The van der Waals surface area contributed by atoms with Crippen molar-refractivity contribution >= 4 is 29.3 Å². The summed E-state index contributed by atoms with van der Waals surface area (Å²) < 4.78 is 0. The molecule has 3 rings (SSSR count). The van der Waals surface area contributed by atoms with Crippen LogP contribution in [0.5, 0.6) is 0 Å². The lowest BCUT2D eigenvalue weighted by molar-refractivity contribution is -0.145. The minimum Gasteiger partial charge on any atom is -0.481 e. The first-order valence-corrected chi connectivity index (χ1v) is 6.82. The molecular weight excluding hydrogens is 298 g/mol. The first-order chi connectivity index (χ1) is 10.0. The molecule has 1 heterocycles. The number of hydrogen-bond acceptors (Lipinski definition) is 4. The maximum absolute atomic E-state index is 11.4. The van der Waals surface area contributed by atoms with Gasteiger partial charge in [-0.05, 0) is 12.5 Å². The van der Waals surface area contributed by atoms with Crippen LogP contribution in [0.4, 0.5) is 0 Å². The maximum atomic E-state index is 11.4. The van der Waals surface area contributed by atoms with Gasteiger partial charge in [0.1, 0.15) is 6.10 Å². The van der Waals surface area contributed by atoms with Crippen molar-refractivity contribution in [1.82, 2.24) is 0 Å². The Balaban J connectivity index is 2.01. The Morgan fingerprint density at radius 2 is 1.86 bits per heavy atom. The molecule has 0 bridgehead atoms. The van der Waals surface area contributed by atoms with Gasteiger partial charge in [-0.2, -0.15) is 0 Å². The highest BCUT2D eigenvalue weighted by atomic mass is 35.5. The monoisotopic (exact) mass is 309 g/mol. The van der Waals surface area contributed by atoms with E-state index in [1.54, 1.807) is 24.3 Å². The van der Waals surface area contributed by atoms with E-state index < -0.39 is 35.8 Å². The van der Waals surface area contributed by atoms with Crippen LogP contribution in [0.15, 0.2) is 29.4 Å². The van der Waals surface area contributed by atoms with Gasteiger partial charge in [0.15, 0.2) is 0 Å². The molecule has 4 atom stereocenters. The van der Waals surface area contributed by atoms with Crippen LogP contribution in [0.3, 0.4) is 0 Å². The Kier molecular flexibility index (Phi) is 3.33. The van der Waals surface area contributed by atoms with Gasteiger partial charge in [-0.1, -0.05) is 35.0 Å². The number of halogens is 1. The highest BCUT2D eigenvalue weighted by molar-refractivity contribution is 6.34. The molecule has 1 fully saturated rings. The van der Waals surface area contributed by atoms with Crippen molar-refractivity contribution in [3.8, 4) is 0 Å². The summed E-state index contributed by atoms with van der Waals surface area (Å²) in [5.41, 5.74) is 1.01. The molecule has 0 aromatic heterocycles. The van der Waals surface area contributed by atoms with Crippen LogP contribution in [-0.4, -0.2) is 34.0 Å². The average molecular weight is 310 g/mol. The molecule has 1 aromatic rings. The lowest BCUT2D eigenvalue weighted by atomic mass is 9.87. The third kappa shape index (κ3) is 2.15. The van der Waals surface area contributed by atoms with Gasteiger partial charge in [0, 0.05) is 10.6 Å². The number of aliphatic carboxylic acids is 2. The number of hydrogen-bond donors (Lipinski definition) is 2. The van der Waals surface area contributed by atoms with Crippen LogP contribution in [-0.2, 0) is 14.4 Å². The number of nitrogens with zero attached hydrogens (tertiary/aromatic N) is 1. The summed E-state index contributed by atoms with van der Waals surface area (Å²) >= 11 is 6.12. The van der Waals surface area contributed by atoms with E-state index in [1.807, 2.05) is 0 Å². The van der Waals surface area contributed by atoms with E-state index in [4.69, 9.17) is 16.4 Å². The fraction of sp³-hybridized carbons (Fsp3) is 0.357. The molecular formula is C14H12ClNO5. The molecule has 110 valence electrons. The lowest BCUT2D eigenvalue weighted by Crippen LogP contribution is -2.31. The maximum Gasteiger partial charge on any atom is 0.310 e. The quantitative estimate of drug-likeness (QED) is 0.888. The topological polar surface area (TPSA) is 96.2 Å². The third-order valence-corrected chi connectivity index (χ3v) is 4.39. The van der Waals surface area contributed by atoms with E-state index in [9.17, 15) is 19.8 Å². The lowest BCUT2D eigenvalue weighted by Gasteiger charge is -2.15. The van der Waals surface area contributed by atoms with Crippen molar-refractivity contribution in [3.05, 3.63) is 34.9 Å². The number of carboxylic acids is 2. The Hall–Kier alpha value is -2.08. The largest absolute Gasteiger partial charge is 0.481 e. The molecule has 2 aliphatic rings. The molecule has 0 spiro atoms. The molecule has 1 saturated carbocycles. The molecule has 7 heteroatoms. The van der Waals surface area contributed by atoms with Gasteiger partial charge in [0.25, 0.3) is 0 Å². The minimum absolute atomic E-state index is 0.0312. The number of fused-ring (bicyclic) bond motifs is 1. The molecule has 0 radical (unpaired) electrons. The van der Waals surface area contributed by atoms with Crippen LogP contribution in [0, 0.1) is 17.8 Å². The van der Waals surface area contributed by atoms with Crippen molar-refractivity contribution in [2.45, 2.75) is 12.5 Å². The molecule has 21 heavy (non-hydrogen) atoms. The number of carbonyl (C=O) groups is 2. The zero-order valence-electron chi connectivity index (χ0n) is 10.8.